The van der Waals surface area contributed by atoms with E-state index in [1.54, 1.807) is 37.3 Å². The number of benzene rings is 3. The molecule has 1 amide bonds. The van der Waals surface area contributed by atoms with E-state index in [4.69, 9.17) is 16.3 Å². The lowest BCUT2D eigenvalue weighted by Gasteiger charge is -2.27. The van der Waals surface area contributed by atoms with Crippen molar-refractivity contribution in [1.82, 2.24) is 4.31 Å². The van der Waals surface area contributed by atoms with Crippen molar-refractivity contribution in [1.29, 1.82) is 0 Å². The number of halogens is 1. The Morgan fingerprint density at radius 3 is 2.25 bits per heavy atom. The van der Waals surface area contributed by atoms with Gasteiger partial charge in [-0.1, -0.05) is 35.7 Å². The van der Waals surface area contributed by atoms with Crippen molar-refractivity contribution in [2.45, 2.75) is 42.9 Å². The van der Waals surface area contributed by atoms with E-state index in [0.717, 1.165) is 29.1 Å². The first-order chi connectivity index (χ1) is 18.9. The number of piperidine rings is 1. The van der Waals surface area contributed by atoms with Crippen LogP contribution in [0, 0.1) is 13.8 Å². The van der Waals surface area contributed by atoms with Crippen molar-refractivity contribution in [3.8, 4) is 5.75 Å². The van der Waals surface area contributed by atoms with Crippen LogP contribution < -0.4 is 14.4 Å². The highest BCUT2D eigenvalue weighted by Gasteiger charge is 2.31. The smallest absolute Gasteiger partial charge is 0.264 e. The summed E-state index contributed by atoms with van der Waals surface area (Å²) in [5.74, 6) is -0.500. The molecule has 0 saturated carbocycles. The van der Waals surface area contributed by atoms with Crippen molar-refractivity contribution < 1.29 is 26.4 Å². The topological polar surface area (TPSA) is 113 Å². The molecule has 0 spiro atoms. The van der Waals surface area contributed by atoms with Crippen LogP contribution in [-0.4, -0.2) is 53.8 Å². The lowest BCUT2D eigenvalue weighted by Crippen LogP contribution is -2.38. The number of carbonyl (C=O) groups excluding carboxylic acids is 1. The minimum absolute atomic E-state index is 0.0274. The molecule has 1 N–H and O–H groups in total. The van der Waals surface area contributed by atoms with Crippen LogP contribution in [0.2, 0.25) is 5.02 Å². The van der Waals surface area contributed by atoms with Crippen molar-refractivity contribution in [2.75, 3.05) is 36.4 Å². The molecule has 0 radical (unpaired) electrons. The van der Waals surface area contributed by atoms with Gasteiger partial charge in [0, 0.05) is 23.8 Å². The van der Waals surface area contributed by atoms with Crippen LogP contribution in [0.3, 0.4) is 0 Å². The molecule has 3 aromatic rings. The fourth-order valence-corrected chi connectivity index (χ4v) is 7.98. The third-order valence-corrected chi connectivity index (χ3v) is 10.6. The molecule has 0 aliphatic carbocycles. The maximum absolute atomic E-state index is 13.7. The van der Waals surface area contributed by atoms with Gasteiger partial charge in [-0.3, -0.25) is 9.10 Å². The second kappa shape index (κ2) is 12.2. The molecule has 4 rings (SSSR count). The molecule has 1 fully saturated rings. The number of anilines is 2. The standard InChI is InChI=1S/C28H32ClN3O6S2/c1-20-7-11-24(12-8-20)39(34,35)32(25-13-9-22(29)17-21(25)2)19-28(33)30-23-10-14-26(38-3)27(18-23)40(36,37)31-15-5-4-6-16-31/h7-14,17-18H,4-6,15-16,19H2,1-3H3,(H,30,33). The van der Waals surface area contributed by atoms with Crippen molar-refractivity contribution in [3.63, 3.8) is 0 Å². The Hall–Kier alpha value is -3.12. The SMILES string of the molecule is COc1ccc(NC(=O)CN(c2ccc(Cl)cc2C)S(=O)(=O)c2ccc(C)cc2)cc1S(=O)(=O)N1CCCCC1. The number of aryl methyl sites for hydroxylation is 2. The number of amides is 1. The molecule has 1 aliphatic rings. The van der Waals surface area contributed by atoms with Gasteiger partial charge in [-0.25, -0.2) is 16.8 Å². The first-order valence-electron chi connectivity index (χ1n) is 12.8. The minimum Gasteiger partial charge on any atom is -0.495 e. The average molecular weight is 606 g/mol. The Morgan fingerprint density at radius 2 is 1.62 bits per heavy atom. The summed E-state index contributed by atoms with van der Waals surface area (Å²) in [7, 11) is -6.63. The number of hydrogen-bond acceptors (Lipinski definition) is 6. The number of nitrogens with one attached hydrogen (secondary N) is 1. The van der Waals surface area contributed by atoms with E-state index < -0.39 is 32.5 Å². The maximum atomic E-state index is 13.7. The molecule has 1 aliphatic heterocycles. The van der Waals surface area contributed by atoms with E-state index in [0.29, 0.717) is 29.4 Å². The zero-order valence-electron chi connectivity index (χ0n) is 22.6. The molecule has 0 aromatic heterocycles. The molecule has 214 valence electrons. The van der Waals surface area contributed by atoms with Crippen LogP contribution in [0.4, 0.5) is 11.4 Å². The van der Waals surface area contributed by atoms with Gasteiger partial charge in [0.1, 0.15) is 17.2 Å². The zero-order chi connectivity index (χ0) is 29.1. The highest BCUT2D eigenvalue weighted by molar-refractivity contribution is 7.92. The van der Waals surface area contributed by atoms with Gasteiger partial charge in [0.2, 0.25) is 15.9 Å². The average Bonchev–Trinajstić information content (AvgIpc) is 2.93. The van der Waals surface area contributed by atoms with Gasteiger partial charge >= 0.3 is 0 Å². The first kappa shape index (κ1) is 29.9. The number of methoxy groups -OCH3 is 1. The zero-order valence-corrected chi connectivity index (χ0v) is 24.9. The molecule has 0 atom stereocenters. The van der Waals surface area contributed by atoms with E-state index in [9.17, 15) is 21.6 Å². The van der Waals surface area contributed by atoms with E-state index in [2.05, 4.69) is 5.32 Å². The molecule has 9 nitrogen and oxygen atoms in total. The van der Waals surface area contributed by atoms with Gasteiger partial charge in [-0.05, 0) is 80.8 Å². The number of sulfonamides is 2. The molecule has 3 aromatic carbocycles. The maximum Gasteiger partial charge on any atom is 0.264 e. The van der Waals surface area contributed by atoms with Gasteiger partial charge in [0.25, 0.3) is 10.0 Å². The quantitative estimate of drug-likeness (QED) is 0.368. The number of carbonyl (C=O) groups is 1. The van der Waals surface area contributed by atoms with E-state index in [1.165, 1.54) is 41.7 Å². The molecule has 40 heavy (non-hydrogen) atoms. The van der Waals surface area contributed by atoms with Crippen LogP contribution in [-0.2, 0) is 24.8 Å². The predicted octanol–water partition coefficient (Wildman–Crippen LogP) is 4.97. The summed E-state index contributed by atoms with van der Waals surface area (Å²) in [5, 5.41) is 3.09. The Labute approximate surface area is 240 Å². The highest BCUT2D eigenvalue weighted by atomic mass is 35.5. The van der Waals surface area contributed by atoms with Gasteiger partial charge in [-0.2, -0.15) is 4.31 Å². The van der Waals surface area contributed by atoms with Crippen LogP contribution in [0.1, 0.15) is 30.4 Å². The van der Waals surface area contributed by atoms with Gasteiger partial charge in [-0.15, -0.1) is 0 Å². The van der Waals surface area contributed by atoms with Crippen LogP contribution in [0.5, 0.6) is 5.75 Å². The molecule has 0 bridgehead atoms. The monoisotopic (exact) mass is 605 g/mol. The van der Waals surface area contributed by atoms with Crippen LogP contribution in [0.25, 0.3) is 0 Å². The Balaban J connectivity index is 1.66. The Kier molecular flexibility index (Phi) is 9.09. The fraction of sp³-hybridized carbons (Fsp3) is 0.321. The number of nitrogens with zero attached hydrogens (tertiary/aromatic N) is 2. The van der Waals surface area contributed by atoms with Crippen LogP contribution >= 0.6 is 11.6 Å². The van der Waals surface area contributed by atoms with E-state index >= 15 is 0 Å². The van der Waals surface area contributed by atoms with Crippen molar-refractivity contribution in [2.24, 2.45) is 0 Å². The first-order valence-corrected chi connectivity index (χ1v) is 16.0. The lowest BCUT2D eigenvalue weighted by molar-refractivity contribution is -0.114. The Morgan fingerprint density at radius 1 is 0.950 bits per heavy atom. The Bertz CT molecular complexity index is 1600. The summed E-state index contributed by atoms with van der Waals surface area (Å²) >= 11 is 6.11. The summed E-state index contributed by atoms with van der Waals surface area (Å²) in [6.07, 6.45) is 2.51. The number of ether oxygens (including phenoxy) is 1. The van der Waals surface area contributed by atoms with Gasteiger partial charge < -0.3 is 10.1 Å². The number of hydrogen-bond donors (Lipinski definition) is 1. The summed E-state index contributed by atoms with van der Waals surface area (Å²) in [5.41, 5.74) is 1.95. The molecule has 0 unspecified atom stereocenters. The van der Waals surface area contributed by atoms with Gasteiger partial charge in [0.15, 0.2) is 0 Å². The van der Waals surface area contributed by atoms with Crippen molar-refractivity contribution in [3.05, 3.63) is 76.8 Å². The molecule has 1 heterocycles. The number of rotatable bonds is 9. The van der Waals surface area contributed by atoms with Crippen molar-refractivity contribution >= 4 is 48.9 Å². The summed E-state index contributed by atoms with van der Waals surface area (Å²) in [6, 6.07) is 15.4. The molecule has 1 saturated heterocycles. The summed E-state index contributed by atoms with van der Waals surface area (Å²) in [6.45, 7) is 3.82. The molecular formula is C28H32ClN3O6S2. The predicted molar refractivity (Wildman–Crippen MR) is 156 cm³/mol. The van der Waals surface area contributed by atoms with E-state index in [-0.39, 0.29) is 21.2 Å². The fourth-order valence-electron chi connectivity index (χ4n) is 4.57. The summed E-state index contributed by atoms with van der Waals surface area (Å²) in [4.78, 5) is 13.3. The largest absolute Gasteiger partial charge is 0.495 e. The third-order valence-electron chi connectivity index (χ3n) is 6.70. The molecular weight excluding hydrogens is 574 g/mol. The lowest BCUT2D eigenvalue weighted by atomic mass is 10.2. The highest BCUT2D eigenvalue weighted by Crippen LogP contribution is 2.32. The minimum atomic E-state index is -4.14. The van der Waals surface area contributed by atoms with Gasteiger partial charge in [0.05, 0.1) is 17.7 Å². The second-order valence-electron chi connectivity index (χ2n) is 9.63. The van der Waals surface area contributed by atoms with Crippen LogP contribution in [0.15, 0.2) is 70.5 Å². The molecule has 12 heteroatoms. The normalized spacial score (nSPS) is 14.5. The second-order valence-corrected chi connectivity index (χ2v) is 13.8. The van der Waals surface area contributed by atoms with E-state index in [1.807, 2.05) is 6.92 Å². The summed E-state index contributed by atoms with van der Waals surface area (Å²) < 4.78 is 62.0. The third kappa shape index (κ3) is 6.43.